The van der Waals surface area contributed by atoms with E-state index in [-0.39, 0.29) is 6.10 Å². The van der Waals surface area contributed by atoms with Crippen LogP contribution in [0, 0.1) is 0 Å². The summed E-state index contributed by atoms with van der Waals surface area (Å²) >= 11 is 7.78. The smallest absolute Gasteiger partial charge is 0.0946 e. The van der Waals surface area contributed by atoms with E-state index in [2.05, 4.69) is 28.6 Å². The molecule has 0 aliphatic rings. The predicted octanol–water partition coefficient (Wildman–Crippen LogP) is 6.46. The highest BCUT2D eigenvalue weighted by molar-refractivity contribution is 7.99. The first-order chi connectivity index (χ1) is 12.8. The fourth-order valence-electron chi connectivity index (χ4n) is 2.81. The van der Waals surface area contributed by atoms with Gasteiger partial charge in [0.1, 0.15) is 0 Å². The van der Waals surface area contributed by atoms with Crippen LogP contribution >= 0.6 is 23.4 Å². The Labute approximate surface area is 167 Å². The maximum atomic E-state index is 6.19. The van der Waals surface area contributed by atoms with Gasteiger partial charge < -0.3 is 9.30 Å². The second-order valence-electron chi connectivity index (χ2n) is 6.64. The molecular formula is C21H31ClN2OS. The molecule has 0 saturated carbocycles. The largest absolute Gasteiger partial charge is 0.375 e. The Balaban J connectivity index is 1.70. The number of nitrogens with zero attached hydrogens (tertiary/aromatic N) is 2. The minimum atomic E-state index is 0.185. The lowest BCUT2D eigenvalue weighted by Gasteiger charge is -2.18. The molecule has 1 unspecified atom stereocenters. The number of halogens is 1. The van der Waals surface area contributed by atoms with Crippen LogP contribution in [0.5, 0.6) is 0 Å². The summed E-state index contributed by atoms with van der Waals surface area (Å²) in [6.45, 7) is 3.95. The predicted molar refractivity (Wildman–Crippen MR) is 112 cm³/mol. The van der Waals surface area contributed by atoms with Gasteiger partial charge in [-0.3, -0.25) is 0 Å². The normalized spacial score (nSPS) is 12.4. The number of hydrogen-bond acceptors (Lipinski definition) is 3. The number of thioether (sulfide) groups is 1. The molecule has 0 spiro atoms. The highest BCUT2D eigenvalue weighted by atomic mass is 35.5. The number of imidazole rings is 1. The van der Waals surface area contributed by atoms with Crippen LogP contribution in [0.3, 0.4) is 0 Å². The molecule has 0 saturated heterocycles. The monoisotopic (exact) mass is 394 g/mol. The lowest BCUT2D eigenvalue weighted by molar-refractivity contribution is 0.0548. The first-order valence-electron chi connectivity index (χ1n) is 9.73. The van der Waals surface area contributed by atoms with Gasteiger partial charge in [-0.15, -0.1) is 11.8 Å². The molecule has 1 aromatic heterocycles. The Kier molecular flexibility index (Phi) is 10.9. The van der Waals surface area contributed by atoms with Crippen molar-refractivity contribution in [2.24, 2.45) is 0 Å². The molecule has 1 aromatic carbocycles. The number of benzene rings is 1. The summed E-state index contributed by atoms with van der Waals surface area (Å²) in [6.07, 6.45) is 15.0. The van der Waals surface area contributed by atoms with E-state index in [4.69, 9.17) is 16.3 Å². The van der Waals surface area contributed by atoms with Crippen molar-refractivity contribution in [3.63, 3.8) is 0 Å². The summed E-state index contributed by atoms with van der Waals surface area (Å²) in [6, 6.07) is 8.01. The van der Waals surface area contributed by atoms with Gasteiger partial charge in [-0.2, -0.15) is 0 Å². The minimum absolute atomic E-state index is 0.185. The fourth-order valence-corrected chi connectivity index (χ4v) is 3.85. The van der Waals surface area contributed by atoms with E-state index < -0.39 is 0 Å². The van der Waals surface area contributed by atoms with Crippen molar-refractivity contribution >= 4 is 23.4 Å². The van der Waals surface area contributed by atoms with Gasteiger partial charge in [0.25, 0.3) is 0 Å². The zero-order valence-electron chi connectivity index (χ0n) is 15.8. The molecule has 0 aliphatic carbocycles. The van der Waals surface area contributed by atoms with Crippen molar-refractivity contribution in [2.75, 3.05) is 12.4 Å². The molecule has 26 heavy (non-hydrogen) atoms. The van der Waals surface area contributed by atoms with Crippen LogP contribution in [-0.2, 0) is 11.3 Å². The van der Waals surface area contributed by atoms with Gasteiger partial charge >= 0.3 is 0 Å². The molecular weight excluding hydrogens is 364 g/mol. The zero-order chi connectivity index (χ0) is 18.5. The van der Waals surface area contributed by atoms with Crippen molar-refractivity contribution in [1.82, 2.24) is 9.55 Å². The first kappa shape index (κ1) is 21.3. The summed E-state index contributed by atoms with van der Waals surface area (Å²) < 4.78 is 8.29. The van der Waals surface area contributed by atoms with E-state index in [1.807, 2.05) is 42.6 Å². The number of ether oxygens (including phenoxy) is 1. The third kappa shape index (κ3) is 9.11. The van der Waals surface area contributed by atoms with Gasteiger partial charge in [0, 0.05) is 34.7 Å². The molecule has 0 N–H and O–H groups in total. The van der Waals surface area contributed by atoms with Gasteiger partial charge in [-0.05, 0) is 30.7 Å². The van der Waals surface area contributed by atoms with Crippen molar-refractivity contribution in [3.05, 3.63) is 48.0 Å². The lowest BCUT2D eigenvalue weighted by Crippen LogP contribution is -2.23. The Morgan fingerprint density at radius 3 is 2.50 bits per heavy atom. The Bertz CT molecular complexity index is 574. The summed E-state index contributed by atoms with van der Waals surface area (Å²) in [4.78, 5) is 5.36. The van der Waals surface area contributed by atoms with Crippen LogP contribution in [0.25, 0.3) is 0 Å². The average molecular weight is 395 g/mol. The molecule has 0 aliphatic heterocycles. The van der Waals surface area contributed by atoms with Crippen LogP contribution < -0.4 is 0 Å². The molecule has 3 nitrogen and oxygen atoms in total. The van der Waals surface area contributed by atoms with Gasteiger partial charge in [-0.1, -0.05) is 57.0 Å². The first-order valence-corrected chi connectivity index (χ1v) is 11.1. The SMILES string of the molecule is CCCCCCCCCOC(CSc1ccc(Cl)cc1)Cn1ccnc1. The van der Waals surface area contributed by atoms with Gasteiger partial charge in [0.05, 0.1) is 19.0 Å². The highest BCUT2D eigenvalue weighted by Gasteiger charge is 2.11. The standard InChI is InChI=1S/C21H31ClN2OS/c1-2-3-4-5-6-7-8-15-25-20(16-24-14-13-23-18-24)17-26-21-11-9-19(22)10-12-21/h9-14,18,20H,2-8,15-17H2,1H3. The number of unbranched alkanes of at least 4 members (excludes halogenated alkanes) is 6. The van der Waals surface area contributed by atoms with Crippen molar-refractivity contribution in [1.29, 1.82) is 0 Å². The lowest BCUT2D eigenvalue weighted by atomic mass is 10.1. The molecule has 1 atom stereocenters. The topological polar surface area (TPSA) is 27.1 Å². The Morgan fingerprint density at radius 2 is 1.81 bits per heavy atom. The van der Waals surface area contributed by atoms with E-state index in [9.17, 15) is 0 Å². The zero-order valence-corrected chi connectivity index (χ0v) is 17.4. The molecule has 2 aromatic rings. The van der Waals surface area contributed by atoms with Crippen molar-refractivity contribution < 1.29 is 4.74 Å². The van der Waals surface area contributed by atoms with Crippen LogP contribution in [0.2, 0.25) is 5.02 Å². The number of rotatable bonds is 14. The molecule has 1 heterocycles. The number of hydrogen-bond donors (Lipinski definition) is 0. The second-order valence-corrected chi connectivity index (χ2v) is 8.17. The van der Waals surface area contributed by atoms with E-state index >= 15 is 0 Å². The molecule has 0 amide bonds. The van der Waals surface area contributed by atoms with Crippen LogP contribution in [-0.4, -0.2) is 28.0 Å². The molecule has 0 radical (unpaired) electrons. The van der Waals surface area contributed by atoms with Crippen molar-refractivity contribution in [3.8, 4) is 0 Å². The van der Waals surface area contributed by atoms with E-state index in [1.54, 1.807) is 0 Å². The molecule has 2 rings (SSSR count). The molecule has 144 valence electrons. The van der Waals surface area contributed by atoms with Gasteiger partial charge in [0.2, 0.25) is 0 Å². The summed E-state index contributed by atoms with van der Waals surface area (Å²) in [5.41, 5.74) is 0. The maximum Gasteiger partial charge on any atom is 0.0946 e. The van der Waals surface area contributed by atoms with E-state index in [0.717, 1.165) is 30.3 Å². The highest BCUT2D eigenvalue weighted by Crippen LogP contribution is 2.22. The average Bonchev–Trinajstić information content (AvgIpc) is 3.16. The van der Waals surface area contributed by atoms with Crippen molar-refractivity contribution in [2.45, 2.75) is 69.4 Å². The third-order valence-corrected chi connectivity index (χ3v) is 5.72. The Hall–Kier alpha value is -0.970. The van der Waals surface area contributed by atoms with Crippen LogP contribution in [0.15, 0.2) is 47.9 Å². The minimum Gasteiger partial charge on any atom is -0.375 e. The number of aromatic nitrogens is 2. The Morgan fingerprint density at radius 1 is 1.08 bits per heavy atom. The fraction of sp³-hybridized carbons (Fsp3) is 0.571. The molecule has 0 fully saturated rings. The van der Waals surface area contributed by atoms with Gasteiger partial charge in [-0.25, -0.2) is 4.98 Å². The van der Waals surface area contributed by atoms with E-state index in [1.165, 1.54) is 43.4 Å². The summed E-state index contributed by atoms with van der Waals surface area (Å²) in [7, 11) is 0. The van der Waals surface area contributed by atoms with E-state index in [0.29, 0.717) is 0 Å². The van der Waals surface area contributed by atoms with Crippen LogP contribution in [0.4, 0.5) is 0 Å². The third-order valence-electron chi connectivity index (χ3n) is 4.32. The summed E-state index contributed by atoms with van der Waals surface area (Å²) in [5.74, 6) is 0.927. The van der Waals surface area contributed by atoms with Crippen LogP contribution in [0.1, 0.15) is 51.9 Å². The maximum absolute atomic E-state index is 6.19. The quantitative estimate of drug-likeness (QED) is 0.271. The molecule has 5 heteroatoms. The summed E-state index contributed by atoms with van der Waals surface area (Å²) in [5, 5.41) is 0.777. The second kappa shape index (κ2) is 13.2. The van der Waals surface area contributed by atoms with Gasteiger partial charge in [0.15, 0.2) is 0 Å². The molecule has 0 bridgehead atoms.